The van der Waals surface area contributed by atoms with Crippen molar-refractivity contribution >= 4 is 18.2 Å². The minimum Gasteiger partial charge on any atom is -0.545 e. The van der Waals surface area contributed by atoms with Gasteiger partial charge in [0.05, 0.1) is 11.5 Å². The van der Waals surface area contributed by atoms with Crippen molar-refractivity contribution < 1.29 is 9.90 Å². The second kappa shape index (κ2) is 4.47. The molecular weight excluding hydrogens is 236 g/mol. The lowest BCUT2D eigenvalue weighted by molar-refractivity contribution is -0.255. The van der Waals surface area contributed by atoms with Crippen molar-refractivity contribution in [2.45, 2.75) is 6.92 Å². The molecule has 2 aromatic rings. The molecule has 0 aliphatic rings. The zero-order valence-electron chi connectivity index (χ0n) is 9.06. The molecule has 0 aliphatic carbocycles. The van der Waals surface area contributed by atoms with Gasteiger partial charge in [0, 0.05) is 11.3 Å². The van der Waals surface area contributed by atoms with E-state index in [0.29, 0.717) is 11.5 Å². The van der Waals surface area contributed by atoms with E-state index in [0.717, 1.165) is 5.56 Å². The molecule has 0 unspecified atom stereocenters. The Hall–Kier alpha value is -2.01. The molecule has 2 rings (SSSR count). The molecule has 1 aromatic carbocycles. The number of H-pyrrole nitrogens is 1. The molecule has 0 amide bonds. The predicted molar refractivity (Wildman–Crippen MR) is 63.9 cm³/mol. The number of nitrogens with zero attached hydrogens (tertiary/aromatic N) is 1. The van der Waals surface area contributed by atoms with Gasteiger partial charge in [-0.15, -0.1) is 0 Å². The second-order valence-electron chi connectivity index (χ2n) is 3.54. The number of benzene rings is 1. The van der Waals surface area contributed by atoms with E-state index >= 15 is 0 Å². The molecule has 1 aromatic heterocycles. The Balaban J connectivity index is 2.62. The lowest BCUT2D eigenvalue weighted by Gasteiger charge is -2.09. The highest BCUT2D eigenvalue weighted by Gasteiger charge is 2.07. The molecule has 0 spiro atoms. The van der Waals surface area contributed by atoms with Gasteiger partial charge in [-0.1, -0.05) is 42.5 Å². The molecule has 0 atom stereocenters. The summed E-state index contributed by atoms with van der Waals surface area (Å²) in [7, 11) is 0. The van der Waals surface area contributed by atoms with Crippen molar-refractivity contribution in [1.82, 2.24) is 9.97 Å². The van der Waals surface area contributed by atoms with Crippen molar-refractivity contribution in [3.8, 4) is 11.4 Å². The van der Waals surface area contributed by atoms with E-state index < -0.39 is 5.97 Å². The van der Waals surface area contributed by atoms with Crippen LogP contribution in [0.2, 0.25) is 0 Å². The van der Waals surface area contributed by atoms with Gasteiger partial charge in [-0.05, 0) is 6.92 Å². The van der Waals surface area contributed by atoms with Crippen LogP contribution in [0.4, 0.5) is 0 Å². The van der Waals surface area contributed by atoms with Crippen molar-refractivity contribution in [2.24, 2.45) is 0 Å². The quantitative estimate of drug-likeness (QED) is 0.814. The SMILES string of the molecule is Cc1[nH]c(-c2ccccc2)nc(=S)c1C(=O)[O-]. The second-order valence-corrected chi connectivity index (χ2v) is 3.93. The summed E-state index contributed by atoms with van der Waals surface area (Å²) in [5, 5.41) is 10.9. The summed E-state index contributed by atoms with van der Waals surface area (Å²) in [5.74, 6) is -0.756. The first-order valence-electron chi connectivity index (χ1n) is 4.97. The van der Waals surface area contributed by atoms with Gasteiger partial charge in [-0.25, -0.2) is 4.98 Å². The normalized spacial score (nSPS) is 10.2. The fourth-order valence-electron chi connectivity index (χ4n) is 1.56. The van der Waals surface area contributed by atoms with Crippen LogP contribution >= 0.6 is 12.2 Å². The molecule has 0 saturated carbocycles. The lowest BCUT2D eigenvalue weighted by atomic mass is 10.2. The van der Waals surface area contributed by atoms with Gasteiger partial charge >= 0.3 is 0 Å². The van der Waals surface area contributed by atoms with Crippen LogP contribution in [0.5, 0.6) is 0 Å². The Morgan fingerprint density at radius 1 is 1.35 bits per heavy atom. The summed E-state index contributed by atoms with van der Waals surface area (Å²) in [4.78, 5) is 17.8. The molecule has 1 heterocycles. The van der Waals surface area contributed by atoms with E-state index in [1.165, 1.54) is 0 Å². The minimum atomic E-state index is -1.31. The van der Waals surface area contributed by atoms with Gasteiger partial charge < -0.3 is 14.9 Å². The summed E-state index contributed by atoms with van der Waals surface area (Å²) in [5.41, 5.74) is 1.25. The van der Waals surface area contributed by atoms with E-state index in [1.54, 1.807) is 6.92 Å². The van der Waals surface area contributed by atoms with Crippen LogP contribution in [0.25, 0.3) is 11.4 Å². The number of aryl methyl sites for hydroxylation is 1. The molecule has 0 saturated heterocycles. The van der Waals surface area contributed by atoms with Gasteiger partial charge in [-0.2, -0.15) is 0 Å². The topological polar surface area (TPSA) is 68.8 Å². The fourth-order valence-corrected chi connectivity index (χ4v) is 1.89. The zero-order valence-corrected chi connectivity index (χ0v) is 9.88. The van der Waals surface area contributed by atoms with E-state index in [2.05, 4.69) is 9.97 Å². The molecule has 0 radical (unpaired) electrons. The fraction of sp³-hybridized carbons (Fsp3) is 0.0833. The molecule has 4 nitrogen and oxygen atoms in total. The molecule has 0 fully saturated rings. The third-order valence-corrected chi connectivity index (χ3v) is 2.65. The number of rotatable bonds is 2. The Labute approximate surface area is 103 Å². The summed E-state index contributed by atoms with van der Waals surface area (Å²) >= 11 is 4.95. The summed E-state index contributed by atoms with van der Waals surface area (Å²) in [6.07, 6.45) is 0. The van der Waals surface area contributed by atoms with Crippen LogP contribution in [-0.2, 0) is 0 Å². The number of nitrogens with one attached hydrogen (secondary N) is 1. The smallest absolute Gasteiger partial charge is 0.139 e. The standard InChI is InChI=1S/C12H10N2O2S/c1-7-9(12(15)16)11(17)14-10(13-7)8-5-3-2-4-6-8/h2-6H,1H3,(H,15,16)(H,13,14,17)/p-1. The number of aromatic nitrogens is 2. The summed E-state index contributed by atoms with van der Waals surface area (Å²) in [6.45, 7) is 1.63. The summed E-state index contributed by atoms with van der Waals surface area (Å²) < 4.78 is 0.0418. The monoisotopic (exact) mass is 245 g/mol. The Kier molecular flexibility index (Phi) is 3.01. The van der Waals surface area contributed by atoms with Crippen molar-refractivity contribution in [3.05, 3.63) is 46.2 Å². The number of carboxylic acids is 1. The van der Waals surface area contributed by atoms with E-state index in [1.807, 2.05) is 30.3 Å². The maximum absolute atomic E-state index is 10.9. The summed E-state index contributed by atoms with van der Waals surface area (Å²) in [6, 6.07) is 9.36. The van der Waals surface area contributed by atoms with Crippen LogP contribution in [0.3, 0.4) is 0 Å². The van der Waals surface area contributed by atoms with Gasteiger partial charge in [0.2, 0.25) is 0 Å². The highest BCUT2D eigenvalue weighted by molar-refractivity contribution is 7.71. The van der Waals surface area contributed by atoms with Crippen molar-refractivity contribution in [3.63, 3.8) is 0 Å². The van der Waals surface area contributed by atoms with Gasteiger partial charge in [-0.3, -0.25) is 0 Å². The van der Waals surface area contributed by atoms with Crippen molar-refractivity contribution in [2.75, 3.05) is 0 Å². The number of carbonyl (C=O) groups excluding carboxylic acids is 1. The zero-order chi connectivity index (χ0) is 12.4. The molecule has 17 heavy (non-hydrogen) atoms. The Morgan fingerprint density at radius 2 is 2.00 bits per heavy atom. The highest BCUT2D eigenvalue weighted by Crippen LogP contribution is 2.16. The average molecular weight is 245 g/mol. The van der Waals surface area contributed by atoms with Gasteiger partial charge in [0.15, 0.2) is 0 Å². The van der Waals surface area contributed by atoms with Crippen LogP contribution in [0.15, 0.2) is 30.3 Å². The number of carbonyl (C=O) groups is 1. The molecule has 0 bridgehead atoms. The lowest BCUT2D eigenvalue weighted by Crippen LogP contribution is -2.24. The maximum atomic E-state index is 10.9. The maximum Gasteiger partial charge on any atom is 0.139 e. The Morgan fingerprint density at radius 3 is 2.53 bits per heavy atom. The minimum absolute atomic E-state index is 0.0418. The Bertz CT molecular complexity index is 620. The number of hydrogen-bond donors (Lipinski definition) is 1. The van der Waals surface area contributed by atoms with E-state index in [9.17, 15) is 9.90 Å². The molecule has 5 heteroatoms. The van der Waals surface area contributed by atoms with E-state index in [4.69, 9.17) is 12.2 Å². The van der Waals surface area contributed by atoms with Crippen LogP contribution < -0.4 is 5.11 Å². The average Bonchev–Trinajstić information content (AvgIpc) is 2.28. The third kappa shape index (κ3) is 2.24. The first-order chi connectivity index (χ1) is 8.09. The number of carboxylic acid groups (broad SMARTS) is 1. The first kappa shape index (κ1) is 11.5. The molecule has 1 N–H and O–H groups in total. The number of aromatic amines is 1. The first-order valence-corrected chi connectivity index (χ1v) is 5.38. The number of aromatic carboxylic acids is 1. The van der Waals surface area contributed by atoms with E-state index in [-0.39, 0.29) is 10.2 Å². The van der Waals surface area contributed by atoms with Crippen LogP contribution in [-0.4, -0.2) is 15.9 Å². The van der Waals surface area contributed by atoms with Crippen molar-refractivity contribution in [1.29, 1.82) is 0 Å². The van der Waals surface area contributed by atoms with Gasteiger partial charge in [0.25, 0.3) is 0 Å². The van der Waals surface area contributed by atoms with Gasteiger partial charge in [0.1, 0.15) is 10.5 Å². The predicted octanol–water partition coefficient (Wildman–Crippen LogP) is 1.48. The largest absolute Gasteiger partial charge is 0.545 e. The van der Waals surface area contributed by atoms with Crippen LogP contribution in [0.1, 0.15) is 16.1 Å². The highest BCUT2D eigenvalue weighted by atomic mass is 32.1. The molecule has 86 valence electrons. The molecular formula is C12H9N2O2S-. The molecule has 0 aliphatic heterocycles. The number of hydrogen-bond acceptors (Lipinski definition) is 4. The third-order valence-electron chi connectivity index (χ3n) is 2.36. The van der Waals surface area contributed by atoms with Crippen LogP contribution in [0, 0.1) is 11.6 Å².